The highest BCUT2D eigenvalue weighted by Gasteiger charge is 2.14. The molecule has 0 fully saturated rings. The van der Waals surface area contributed by atoms with Crippen molar-refractivity contribution in [3.05, 3.63) is 91.7 Å². The molecule has 0 bridgehead atoms. The molecular weight excluding hydrogens is 389 g/mol. The minimum absolute atomic E-state index is 0.0925. The van der Waals surface area contributed by atoms with Crippen molar-refractivity contribution >= 4 is 40.7 Å². The Morgan fingerprint density at radius 1 is 1.15 bits per heavy atom. The third-order valence-corrected chi connectivity index (χ3v) is 4.75. The Bertz CT molecular complexity index is 1070. The third-order valence-electron chi connectivity index (χ3n) is 3.93. The van der Waals surface area contributed by atoms with Crippen LogP contribution in [-0.4, -0.2) is 10.7 Å². The van der Waals surface area contributed by atoms with Crippen LogP contribution in [0.15, 0.2) is 59.0 Å². The van der Waals surface area contributed by atoms with Gasteiger partial charge in [-0.15, -0.1) is 0 Å². The molecule has 5 nitrogen and oxygen atoms in total. The maximum absolute atomic E-state index is 12.3. The van der Waals surface area contributed by atoms with Crippen LogP contribution in [-0.2, 0) is 0 Å². The number of ketones is 1. The van der Waals surface area contributed by atoms with Gasteiger partial charge in [0, 0.05) is 22.8 Å². The van der Waals surface area contributed by atoms with Gasteiger partial charge in [-0.3, -0.25) is 14.9 Å². The number of halogens is 2. The molecule has 0 saturated heterocycles. The van der Waals surface area contributed by atoms with Gasteiger partial charge < -0.3 is 4.42 Å². The molecule has 0 N–H and O–H groups in total. The van der Waals surface area contributed by atoms with E-state index in [1.54, 1.807) is 49.4 Å². The summed E-state index contributed by atoms with van der Waals surface area (Å²) in [6, 6.07) is 13.0. The lowest BCUT2D eigenvalue weighted by atomic mass is 10.1. The fraction of sp³-hybridized carbons (Fsp3) is 0.0500. The number of allylic oxidation sites excluding steroid dienone is 1. The molecule has 1 aromatic heterocycles. The van der Waals surface area contributed by atoms with Crippen LogP contribution in [0.1, 0.15) is 21.7 Å². The van der Waals surface area contributed by atoms with Crippen molar-refractivity contribution in [1.82, 2.24) is 0 Å². The highest BCUT2D eigenvalue weighted by atomic mass is 35.5. The van der Waals surface area contributed by atoms with Crippen LogP contribution in [0, 0.1) is 17.0 Å². The Morgan fingerprint density at radius 2 is 1.93 bits per heavy atom. The maximum Gasteiger partial charge on any atom is 0.273 e. The fourth-order valence-electron chi connectivity index (χ4n) is 2.49. The van der Waals surface area contributed by atoms with E-state index in [2.05, 4.69) is 0 Å². The lowest BCUT2D eigenvalue weighted by Gasteiger charge is -2.02. The Balaban J connectivity index is 1.82. The van der Waals surface area contributed by atoms with Crippen LogP contribution < -0.4 is 0 Å². The maximum atomic E-state index is 12.3. The number of hydrogen-bond donors (Lipinski definition) is 0. The summed E-state index contributed by atoms with van der Waals surface area (Å²) in [5.41, 5.74) is 1.28. The molecule has 3 aromatic rings. The summed E-state index contributed by atoms with van der Waals surface area (Å²) in [4.78, 5) is 22.8. The van der Waals surface area contributed by atoms with E-state index < -0.39 is 4.92 Å². The van der Waals surface area contributed by atoms with Gasteiger partial charge in [-0.1, -0.05) is 41.4 Å². The van der Waals surface area contributed by atoms with Crippen molar-refractivity contribution in [3.8, 4) is 11.3 Å². The summed E-state index contributed by atoms with van der Waals surface area (Å²) in [5.74, 6) is 0.591. The Morgan fingerprint density at radius 3 is 2.67 bits per heavy atom. The van der Waals surface area contributed by atoms with E-state index >= 15 is 0 Å². The average molecular weight is 402 g/mol. The molecule has 0 saturated carbocycles. The molecule has 2 aromatic carbocycles. The smallest absolute Gasteiger partial charge is 0.273 e. The predicted octanol–water partition coefficient (Wildman–Crippen LogP) is 6.37. The van der Waals surface area contributed by atoms with E-state index in [-0.39, 0.29) is 17.0 Å². The number of furan rings is 1. The highest BCUT2D eigenvalue weighted by Crippen LogP contribution is 2.34. The van der Waals surface area contributed by atoms with Gasteiger partial charge in [0.2, 0.25) is 0 Å². The van der Waals surface area contributed by atoms with Gasteiger partial charge in [-0.05, 0) is 43.3 Å². The van der Waals surface area contributed by atoms with E-state index in [1.165, 1.54) is 18.2 Å². The van der Waals surface area contributed by atoms with E-state index in [1.807, 2.05) is 0 Å². The van der Waals surface area contributed by atoms with Crippen molar-refractivity contribution in [2.24, 2.45) is 0 Å². The first-order valence-corrected chi connectivity index (χ1v) is 8.64. The van der Waals surface area contributed by atoms with Gasteiger partial charge in [-0.2, -0.15) is 0 Å². The zero-order valence-corrected chi connectivity index (χ0v) is 15.6. The largest absolute Gasteiger partial charge is 0.457 e. The molecule has 3 rings (SSSR count). The zero-order valence-electron chi connectivity index (χ0n) is 14.1. The molecular formula is C20H13Cl2NO4. The molecule has 0 radical (unpaired) electrons. The third kappa shape index (κ3) is 4.10. The quantitative estimate of drug-likeness (QED) is 0.215. The van der Waals surface area contributed by atoms with Gasteiger partial charge in [0.05, 0.1) is 15.0 Å². The van der Waals surface area contributed by atoms with Crippen LogP contribution in [0.2, 0.25) is 10.0 Å². The van der Waals surface area contributed by atoms with Crippen molar-refractivity contribution in [2.75, 3.05) is 0 Å². The molecule has 7 heteroatoms. The standard InChI is InChI=1S/C20H13Cl2NO4/c1-12-5-6-13(11-17(12)23(25)26)18(24)9-7-14-8-10-19(27-14)15-3-2-4-16(21)20(15)22/h2-11H,1H3. The summed E-state index contributed by atoms with van der Waals surface area (Å²) in [6.45, 7) is 1.62. The predicted molar refractivity (Wildman–Crippen MR) is 105 cm³/mol. The van der Waals surface area contributed by atoms with Crippen LogP contribution in [0.3, 0.4) is 0 Å². The van der Waals surface area contributed by atoms with Crippen molar-refractivity contribution < 1.29 is 14.1 Å². The van der Waals surface area contributed by atoms with Crippen molar-refractivity contribution in [1.29, 1.82) is 0 Å². The summed E-state index contributed by atoms with van der Waals surface area (Å²) < 4.78 is 5.68. The van der Waals surface area contributed by atoms with Crippen molar-refractivity contribution in [3.63, 3.8) is 0 Å². The summed E-state index contributed by atoms with van der Waals surface area (Å²) >= 11 is 12.2. The summed E-state index contributed by atoms with van der Waals surface area (Å²) in [7, 11) is 0. The minimum atomic E-state index is -0.511. The molecule has 0 unspecified atom stereocenters. The second-order valence-corrected chi connectivity index (χ2v) is 6.54. The number of hydrogen-bond acceptors (Lipinski definition) is 4. The topological polar surface area (TPSA) is 73.3 Å². The second kappa shape index (κ2) is 7.78. The second-order valence-electron chi connectivity index (χ2n) is 5.76. The highest BCUT2D eigenvalue weighted by molar-refractivity contribution is 6.43. The molecule has 27 heavy (non-hydrogen) atoms. The Kier molecular flexibility index (Phi) is 5.44. The molecule has 0 atom stereocenters. The van der Waals surface area contributed by atoms with Gasteiger partial charge >= 0.3 is 0 Å². The van der Waals surface area contributed by atoms with Gasteiger partial charge in [0.15, 0.2) is 5.78 Å². The number of carbonyl (C=O) groups excluding carboxylic acids is 1. The first-order chi connectivity index (χ1) is 12.9. The first kappa shape index (κ1) is 18.9. The zero-order chi connectivity index (χ0) is 19.6. The number of nitrogens with zero attached hydrogens (tertiary/aromatic N) is 1. The van der Waals surface area contributed by atoms with Crippen molar-refractivity contribution in [2.45, 2.75) is 6.92 Å². The molecule has 136 valence electrons. The van der Waals surface area contributed by atoms with E-state index in [4.69, 9.17) is 27.6 Å². The average Bonchev–Trinajstić information content (AvgIpc) is 3.11. The van der Waals surface area contributed by atoms with E-state index in [9.17, 15) is 14.9 Å². The number of benzene rings is 2. The number of aryl methyl sites for hydroxylation is 1. The Labute approximate surface area is 165 Å². The number of rotatable bonds is 5. The van der Waals surface area contributed by atoms with Gasteiger partial charge in [-0.25, -0.2) is 0 Å². The van der Waals surface area contributed by atoms with Crippen LogP contribution in [0.4, 0.5) is 5.69 Å². The number of nitro benzene ring substituents is 1. The fourth-order valence-corrected chi connectivity index (χ4v) is 2.89. The lowest BCUT2D eigenvalue weighted by Crippen LogP contribution is -1.98. The Hall–Kier alpha value is -2.89. The van der Waals surface area contributed by atoms with E-state index in [0.717, 1.165) is 0 Å². The van der Waals surface area contributed by atoms with Gasteiger partial charge in [0.25, 0.3) is 5.69 Å². The molecule has 0 aliphatic carbocycles. The molecule has 0 spiro atoms. The molecule has 0 amide bonds. The lowest BCUT2D eigenvalue weighted by molar-refractivity contribution is -0.385. The summed E-state index contributed by atoms with van der Waals surface area (Å²) in [5, 5.41) is 11.8. The first-order valence-electron chi connectivity index (χ1n) is 7.88. The number of nitro groups is 1. The normalized spacial score (nSPS) is 11.1. The molecule has 0 aliphatic heterocycles. The minimum Gasteiger partial charge on any atom is -0.457 e. The molecule has 1 heterocycles. The van der Waals surface area contributed by atoms with Crippen LogP contribution in [0.25, 0.3) is 17.4 Å². The SMILES string of the molecule is Cc1ccc(C(=O)C=Cc2ccc(-c3cccc(Cl)c3Cl)o2)cc1[N+](=O)[O-]. The molecule has 0 aliphatic rings. The summed E-state index contributed by atoms with van der Waals surface area (Å²) in [6.07, 6.45) is 2.80. The van der Waals surface area contributed by atoms with Crippen LogP contribution in [0.5, 0.6) is 0 Å². The van der Waals surface area contributed by atoms with Crippen LogP contribution >= 0.6 is 23.2 Å². The number of carbonyl (C=O) groups is 1. The van der Waals surface area contributed by atoms with E-state index in [0.29, 0.717) is 32.7 Å². The monoisotopic (exact) mass is 401 g/mol. The van der Waals surface area contributed by atoms with Gasteiger partial charge in [0.1, 0.15) is 11.5 Å².